The molecule has 2 N–H and O–H groups in total. The van der Waals surface area contributed by atoms with E-state index in [9.17, 15) is 9.59 Å². The molecule has 1 saturated heterocycles. The molecule has 0 spiro atoms. The lowest BCUT2D eigenvalue weighted by Gasteiger charge is -2.32. The van der Waals surface area contributed by atoms with Crippen LogP contribution in [0.2, 0.25) is 5.02 Å². The Hall–Kier alpha value is -2.02. The van der Waals surface area contributed by atoms with Crippen molar-refractivity contribution in [3.05, 3.63) is 70.7 Å². The van der Waals surface area contributed by atoms with Gasteiger partial charge in [-0.15, -0.1) is 11.8 Å². The van der Waals surface area contributed by atoms with Crippen LogP contribution >= 0.6 is 23.4 Å². The highest BCUT2D eigenvalue weighted by atomic mass is 35.5. The van der Waals surface area contributed by atoms with Crippen molar-refractivity contribution < 1.29 is 9.59 Å². The van der Waals surface area contributed by atoms with Crippen molar-refractivity contribution in [2.45, 2.75) is 37.5 Å². The molecule has 0 aliphatic carbocycles. The lowest BCUT2D eigenvalue weighted by Crippen LogP contribution is -2.47. The summed E-state index contributed by atoms with van der Waals surface area (Å²) in [6.45, 7) is 4.87. The Morgan fingerprint density at radius 3 is 2.34 bits per heavy atom. The zero-order valence-electron chi connectivity index (χ0n) is 18.6. The highest BCUT2D eigenvalue weighted by molar-refractivity contribution is 8.00. The molecule has 2 amide bonds. The number of amides is 2. The summed E-state index contributed by atoms with van der Waals surface area (Å²) < 4.78 is 0. The van der Waals surface area contributed by atoms with Crippen LogP contribution in [0.15, 0.2) is 54.6 Å². The molecule has 1 aliphatic rings. The van der Waals surface area contributed by atoms with Gasteiger partial charge in [-0.2, -0.15) is 0 Å². The number of thioether (sulfide) groups is 1. The number of nitrogens with zero attached hydrogens (tertiary/aromatic N) is 1. The van der Waals surface area contributed by atoms with Gasteiger partial charge in [0, 0.05) is 30.7 Å². The Morgan fingerprint density at radius 2 is 1.69 bits per heavy atom. The monoisotopic (exact) mass is 473 g/mol. The first-order valence-corrected chi connectivity index (χ1v) is 12.7. The second-order valence-corrected chi connectivity index (χ2v) is 9.65. The Morgan fingerprint density at radius 1 is 1.03 bits per heavy atom. The first kappa shape index (κ1) is 24.6. The smallest absolute Gasteiger partial charge is 0.234 e. The average Bonchev–Trinajstić information content (AvgIpc) is 2.81. The van der Waals surface area contributed by atoms with Gasteiger partial charge in [0.25, 0.3) is 0 Å². The van der Waals surface area contributed by atoms with Crippen molar-refractivity contribution in [3.8, 4) is 0 Å². The van der Waals surface area contributed by atoms with Gasteiger partial charge in [0.15, 0.2) is 0 Å². The number of nitrogens with one attached hydrogen (secondary N) is 2. The lowest BCUT2D eigenvalue weighted by molar-refractivity contribution is -0.123. The molecule has 0 aromatic heterocycles. The fourth-order valence-electron chi connectivity index (χ4n) is 3.84. The van der Waals surface area contributed by atoms with E-state index in [1.54, 1.807) is 11.8 Å². The molecular weight excluding hydrogens is 442 g/mol. The summed E-state index contributed by atoms with van der Waals surface area (Å²) in [6.07, 6.45) is 2.69. The minimum absolute atomic E-state index is 0.0593. The highest BCUT2D eigenvalue weighted by Gasteiger charge is 2.23. The standard InChI is InChI=1S/C25H32ClN3O2S/c1-2-14-27-23(30)17-29-15-12-22(13-16-29)28-24(31)18-32-25(19-6-4-3-5-7-19)20-8-10-21(26)11-9-20/h3-11,22,25H,2,12-18H2,1H3,(H,27,30)(H,28,31). The van der Waals surface area contributed by atoms with Crippen molar-refractivity contribution >= 4 is 35.2 Å². The second-order valence-electron chi connectivity index (χ2n) is 8.12. The van der Waals surface area contributed by atoms with Crippen LogP contribution in [0.5, 0.6) is 0 Å². The quantitative estimate of drug-likeness (QED) is 0.541. The molecular formula is C25H32ClN3O2S. The molecule has 0 bridgehead atoms. The largest absolute Gasteiger partial charge is 0.355 e. The van der Waals surface area contributed by atoms with Crippen LogP contribution in [0.25, 0.3) is 0 Å². The van der Waals surface area contributed by atoms with E-state index >= 15 is 0 Å². The van der Waals surface area contributed by atoms with Crippen molar-refractivity contribution in [1.29, 1.82) is 0 Å². The predicted molar refractivity (Wildman–Crippen MR) is 133 cm³/mol. The summed E-state index contributed by atoms with van der Waals surface area (Å²) in [6, 6.07) is 18.2. The van der Waals surface area contributed by atoms with Crippen LogP contribution in [-0.2, 0) is 9.59 Å². The third-order valence-electron chi connectivity index (χ3n) is 5.55. The van der Waals surface area contributed by atoms with E-state index in [1.165, 1.54) is 5.56 Å². The van der Waals surface area contributed by atoms with Crippen molar-refractivity contribution in [3.63, 3.8) is 0 Å². The Bertz CT molecular complexity index is 855. The summed E-state index contributed by atoms with van der Waals surface area (Å²) in [7, 11) is 0. The number of rotatable bonds is 10. The third-order valence-corrected chi connectivity index (χ3v) is 7.11. The molecule has 1 fully saturated rings. The van der Waals surface area contributed by atoms with Gasteiger partial charge in [0.2, 0.25) is 11.8 Å². The summed E-state index contributed by atoms with van der Waals surface area (Å²) in [5.41, 5.74) is 2.30. The van der Waals surface area contributed by atoms with Gasteiger partial charge in [-0.3, -0.25) is 14.5 Å². The van der Waals surface area contributed by atoms with Gasteiger partial charge in [-0.1, -0.05) is 61.0 Å². The molecule has 2 aromatic carbocycles. The Kier molecular flexibility index (Phi) is 9.90. The number of hydrogen-bond donors (Lipinski definition) is 2. The van der Waals surface area contributed by atoms with Crippen molar-refractivity contribution in [2.24, 2.45) is 0 Å². The summed E-state index contributed by atoms with van der Waals surface area (Å²) in [5, 5.41) is 6.88. The topological polar surface area (TPSA) is 61.4 Å². The highest BCUT2D eigenvalue weighted by Crippen LogP contribution is 2.36. The summed E-state index contributed by atoms with van der Waals surface area (Å²) in [5.74, 6) is 0.533. The molecule has 0 radical (unpaired) electrons. The van der Waals surface area contributed by atoms with Crippen LogP contribution in [0.3, 0.4) is 0 Å². The zero-order valence-corrected chi connectivity index (χ0v) is 20.1. The van der Waals surface area contributed by atoms with Crippen LogP contribution < -0.4 is 10.6 Å². The maximum Gasteiger partial charge on any atom is 0.234 e. The number of piperidine rings is 1. The molecule has 2 aromatic rings. The maximum atomic E-state index is 12.7. The van der Waals surface area contributed by atoms with Crippen molar-refractivity contribution in [2.75, 3.05) is 31.9 Å². The Labute approximate surface area is 200 Å². The minimum Gasteiger partial charge on any atom is -0.355 e. The molecule has 3 rings (SSSR count). The van der Waals surface area contributed by atoms with E-state index in [-0.39, 0.29) is 23.1 Å². The van der Waals surface area contributed by atoms with Crippen LogP contribution in [0, 0.1) is 0 Å². The lowest BCUT2D eigenvalue weighted by atomic mass is 10.0. The first-order valence-electron chi connectivity index (χ1n) is 11.3. The van der Waals surface area contributed by atoms with Gasteiger partial charge in [0.05, 0.1) is 17.5 Å². The van der Waals surface area contributed by atoms with Crippen molar-refractivity contribution in [1.82, 2.24) is 15.5 Å². The van der Waals surface area contributed by atoms with Crippen LogP contribution in [0.4, 0.5) is 0 Å². The van der Waals surface area contributed by atoms with Crippen LogP contribution in [-0.4, -0.2) is 54.7 Å². The molecule has 1 heterocycles. The van der Waals surface area contributed by atoms with Gasteiger partial charge in [-0.05, 0) is 42.5 Å². The number of benzene rings is 2. The molecule has 0 saturated carbocycles. The van der Waals surface area contributed by atoms with E-state index in [4.69, 9.17) is 11.6 Å². The molecule has 1 unspecified atom stereocenters. The number of carbonyl (C=O) groups is 2. The minimum atomic E-state index is 0.0593. The molecule has 1 atom stereocenters. The fraction of sp³-hybridized carbons (Fsp3) is 0.440. The van der Waals surface area contributed by atoms with Gasteiger partial charge < -0.3 is 10.6 Å². The average molecular weight is 474 g/mol. The Balaban J connectivity index is 1.48. The molecule has 172 valence electrons. The molecule has 5 nitrogen and oxygen atoms in total. The number of carbonyl (C=O) groups excluding carboxylic acids is 2. The zero-order chi connectivity index (χ0) is 22.8. The SMILES string of the molecule is CCCNC(=O)CN1CCC(NC(=O)CSC(c2ccccc2)c2ccc(Cl)cc2)CC1. The number of halogens is 1. The fourth-order valence-corrected chi connectivity index (χ4v) is 5.06. The van der Waals surface area contributed by atoms with E-state index in [1.807, 2.05) is 49.4 Å². The van der Waals surface area contributed by atoms with E-state index < -0.39 is 0 Å². The predicted octanol–water partition coefficient (Wildman–Crippen LogP) is 4.27. The molecule has 7 heteroatoms. The summed E-state index contributed by atoms with van der Waals surface area (Å²) >= 11 is 7.69. The summed E-state index contributed by atoms with van der Waals surface area (Å²) in [4.78, 5) is 26.7. The van der Waals surface area contributed by atoms with Gasteiger partial charge in [-0.25, -0.2) is 0 Å². The number of hydrogen-bond acceptors (Lipinski definition) is 4. The van der Waals surface area contributed by atoms with E-state index in [2.05, 4.69) is 27.7 Å². The van der Waals surface area contributed by atoms with E-state index in [0.29, 0.717) is 17.3 Å². The molecule has 32 heavy (non-hydrogen) atoms. The second kappa shape index (κ2) is 12.9. The number of likely N-dealkylation sites (tertiary alicyclic amines) is 1. The van der Waals surface area contributed by atoms with Gasteiger partial charge >= 0.3 is 0 Å². The molecule has 1 aliphatic heterocycles. The normalized spacial score (nSPS) is 15.8. The van der Waals surface area contributed by atoms with E-state index in [0.717, 1.165) is 44.5 Å². The first-order chi connectivity index (χ1) is 15.5. The third kappa shape index (κ3) is 7.84. The van der Waals surface area contributed by atoms with Gasteiger partial charge in [0.1, 0.15) is 0 Å². The maximum absolute atomic E-state index is 12.7. The van der Waals surface area contributed by atoms with Crippen LogP contribution in [0.1, 0.15) is 42.6 Å².